The van der Waals surface area contributed by atoms with Crippen molar-refractivity contribution >= 4 is 23.0 Å². The van der Waals surface area contributed by atoms with Crippen LogP contribution in [0.2, 0.25) is 0 Å². The van der Waals surface area contributed by atoms with E-state index < -0.39 is 0 Å². The second-order valence-corrected chi connectivity index (χ2v) is 6.09. The minimum absolute atomic E-state index is 0.539. The minimum atomic E-state index is 0.539. The molecule has 2 N–H and O–H groups in total. The molecule has 1 aromatic carbocycles. The Morgan fingerprint density at radius 1 is 1.27 bits per heavy atom. The SMILES string of the molecule is CCn1cc(CNC(=S)Nc2ccc(C(C)C)cc2)c(C)n1. The summed E-state index contributed by atoms with van der Waals surface area (Å²) >= 11 is 5.35. The van der Waals surface area contributed by atoms with Crippen LogP contribution in [-0.4, -0.2) is 14.9 Å². The molecule has 5 heteroatoms. The van der Waals surface area contributed by atoms with Gasteiger partial charge in [0.1, 0.15) is 0 Å². The molecule has 2 rings (SSSR count). The Hall–Kier alpha value is -1.88. The Bertz CT molecular complexity index is 629. The molecule has 1 aromatic heterocycles. The van der Waals surface area contributed by atoms with E-state index in [1.807, 2.05) is 11.6 Å². The molecule has 0 saturated heterocycles. The highest BCUT2D eigenvalue weighted by molar-refractivity contribution is 7.80. The molecule has 0 saturated carbocycles. The van der Waals surface area contributed by atoms with Crippen LogP contribution in [-0.2, 0) is 13.1 Å². The van der Waals surface area contributed by atoms with E-state index in [-0.39, 0.29) is 0 Å². The Morgan fingerprint density at radius 3 is 2.50 bits per heavy atom. The first-order chi connectivity index (χ1) is 10.5. The fourth-order valence-electron chi connectivity index (χ4n) is 2.20. The first-order valence-electron chi connectivity index (χ1n) is 7.67. The normalized spacial score (nSPS) is 10.8. The molecule has 0 fully saturated rings. The molecule has 0 amide bonds. The Balaban J connectivity index is 1.88. The highest BCUT2D eigenvalue weighted by Gasteiger charge is 2.05. The predicted octanol–water partition coefficient (Wildman–Crippen LogP) is 3.82. The molecule has 0 unspecified atom stereocenters. The molecule has 2 aromatic rings. The number of benzene rings is 1. The fourth-order valence-corrected chi connectivity index (χ4v) is 2.39. The van der Waals surface area contributed by atoms with Crippen LogP contribution < -0.4 is 10.6 Å². The third kappa shape index (κ3) is 4.31. The second kappa shape index (κ2) is 7.40. The van der Waals surface area contributed by atoms with Crippen molar-refractivity contribution in [1.29, 1.82) is 0 Å². The van der Waals surface area contributed by atoms with Crippen molar-refractivity contribution in [3.05, 3.63) is 47.3 Å². The summed E-state index contributed by atoms with van der Waals surface area (Å²) < 4.78 is 1.94. The third-order valence-corrected chi connectivity index (χ3v) is 3.89. The van der Waals surface area contributed by atoms with Crippen molar-refractivity contribution in [2.75, 3.05) is 5.32 Å². The second-order valence-electron chi connectivity index (χ2n) is 5.68. The number of thiocarbonyl (C=S) groups is 1. The van der Waals surface area contributed by atoms with E-state index in [2.05, 4.69) is 67.0 Å². The van der Waals surface area contributed by atoms with E-state index in [0.717, 1.165) is 17.9 Å². The highest BCUT2D eigenvalue weighted by Crippen LogP contribution is 2.17. The lowest BCUT2D eigenvalue weighted by Crippen LogP contribution is -2.28. The maximum Gasteiger partial charge on any atom is 0.171 e. The predicted molar refractivity (Wildman–Crippen MR) is 96.2 cm³/mol. The van der Waals surface area contributed by atoms with Crippen LogP contribution >= 0.6 is 12.2 Å². The van der Waals surface area contributed by atoms with E-state index in [9.17, 15) is 0 Å². The van der Waals surface area contributed by atoms with Gasteiger partial charge in [-0.15, -0.1) is 0 Å². The van der Waals surface area contributed by atoms with Crippen LogP contribution in [0.3, 0.4) is 0 Å². The summed E-state index contributed by atoms with van der Waals surface area (Å²) in [6.07, 6.45) is 2.06. The number of nitrogens with zero attached hydrogens (tertiary/aromatic N) is 2. The molecular formula is C17H24N4S. The Morgan fingerprint density at radius 2 is 1.95 bits per heavy atom. The molecule has 0 aliphatic carbocycles. The van der Waals surface area contributed by atoms with Gasteiger partial charge < -0.3 is 10.6 Å². The lowest BCUT2D eigenvalue weighted by atomic mass is 10.0. The molecule has 0 bridgehead atoms. The zero-order chi connectivity index (χ0) is 16.1. The molecule has 4 nitrogen and oxygen atoms in total. The van der Waals surface area contributed by atoms with Crippen molar-refractivity contribution in [1.82, 2.24) is 15.1 Å². The summed E-state index contributed by atoms with van der Waals surface area (Å²) in [5.41, 5.74) is 4.54. The van der Waals surface area contributed by atoms with Crippen molar-refractivity contribution in [3.63, 3.8) is 0 Å². The van der Waals surface area contributed by atoms with E-state index in [4.69, 9.17) is 12.2 Å². The summed E-state index contributed by atoms with van der Waals surface area (Å²) in [5, 5.41) is 11.5. The fraction of sp³-hybridized carbons (Fsp3) is 0.412. The van der Waals surface area contributed by atoms with Gasteiger partial charge in [0.2, 0.25) is 0 Å². The van der Waals surface area contributed by atoms with Gasteiger partial charge in [-0.05, 0) is 49.7 Å². The topological polar surface area (TPSA) is 41.9 Å². The summed E-state index contributed by atoms with van der Waals surface area (Å²) in [5.74, 6) is 0.539. The molecule has 118 valence electrons. The molecule has 0 aliphatic rings. The molecule has 0 atom stereocenters. The molecule has 22 heavy (non-hydrogen) atoms. The first kappa shape index (κ1) is 16.5. The van der Waals surface area contributed by atoms with Gasteiger partial charge in [0.05, 0.1) is 5.69 Å². The molecule has 0 aliphatic heterocycles. The molecular weight excluding hydrogens is 292 g/mol. The number of hydrogen-bond acceptors (Lipinski definition) is 2. The van der Waals surface area contributed by atoms with Crippen molar-refractivity contribution in [2.45, 2.75) is 46.7 Å². The average molecular weight is 316 g/mol. The zero-order valence-corrected chi connectivity index (χ0v) is 14.5. The number of rotatable bonds is 5. The maximum atomic E-state index is 5.35. The van der Waals surface area contributed by atoms with Crippen LogP contribution in [0.15, 0.2) is 30.5 Å². The molecule has 0 radical (unpaired) electrons. The van der Waals surface area contributed by atoms with Crippen LogP contribution in [0, 0.1) is 6.92 Å². The van der Waals surface area contributed by atoms with Gasteiger partial charge in [-0.1, -0.05) is 26.0 Å². The van der Waals surface area contributed by atoms with E-state index in [0.29, 0.717) is 17.6 Å². The van der Waals surface area contributed by atoms with Gasteiger partial charge in [0.15, 0.2) is 5.11 Å². The smallest absolute Gasteiger partial charge is 0.171 e. The van der Waals surface area contributed by atoms with E-state index in [1.165, 1.54) is 11.1 Å². The van der Waals surface area contributed by atoms with E-state index in [1.54, 1.807) is 0 Å². The summed E-state index contributed by atoms with van der Waals surface area (Å²) in [6, 6.07) is 8.38. The molecule has 0 spiro atoms. The Labute approximate surface area is 137 Å². The van der Waals surface area contributed by atoms with Crippen LogP contribution in [0.4, 0.5) is 5.69 Å². The first-order valence-corrected chi connectivity index (χ1v) is 8.08. The number of nitrogens with one attached hydrogen (secondary N) is 2. The van der Waals surface area contributed by atoms with Crippen LogP contribution in [0.25, 0.3) is 0 Å². The van der Waals surface area contributed by atoms with Gasteiger partial charge in [0, 0.05) is 30.5 Å². The highest BCUT2D eigenvalue weighted by atomic mass is 32.1. The van der Waals surface area contributed by atoms with Gasteiger partial charge in [-0.2, -0.15) is 5.10 Å². The number of aromatic nitrogens is 2. The average Bonchev–Trinajstić information content (AvgIpc) is 2.86. The number of hydrogen-bond donors (Lipinski definition) is 2. The Kier molecular flexibility index (Phi) is 5.55. The lowest BCUT2D eigenvalue weighted by molar-refractivity contribution is 0.653. The summed E-state index contributed by atoms with van der Waals surface area (Å²) in [7, 11) is 0. The van der Waals surface area contributed by atoms with Gasteiger partial charge in [0.25, 0.3) is 0 Å². The van der Waals surface area contributed by atoms with E-state index >= 15 is 0 Å². The largest absolute Gasteiger partial charge is 0.358 e. The van der Waals surface area contributed by atoms with Crippen molar-refractivity contribution < 1.29 is 0 Å². The monoisotopic (exact) mass is 316 g/mol. The van der Waals surface area contributed by atoms with Gasteiger partial charge >= 0.3 is 0 Å². The summed E-state index contributed by atoms with van der Waals surface area (Å²) in [6.45, 7) is 10.0. The number of aryl methyl sites for hydroxylation is 2. The minimum Gasteiger partial charge on any atom is -0.358 e. The summed E-state index contributed by atoms with van der Waals surface area (Å²) in [4.78, 5) is 0. The van der Waals surface area contributed by atoms with Gasteiger partial charge in [-0.3, -0.25) is 4.68 Å². The third-order valence-electron chi connectivity index (χ3n) is 3.65. The lowest BCUT2D eigenvalue weighted by Gasteiger charge is -2.11. The van der Waals surface area contributed by atoms with Crippen LogP contribution in [0.5, 0.6) is 0 Å². The van der Waals surface area contributed by atoms with Gasteiger partial charge in [-0.25, -0.2) is 0 Å². The van der Waals surface area contributed by atoms with Crippen molar-refractivity contribution in [2.24, 2.45) is 0 Å². The zero-order valence-electron chi connectivity index (χ0n) is 13.7. The van der Waals surface area contributed by atoms with Crippen LogP contribution in [0.1, 0.15) is 43.5 Å². The van der Waals surface area contributed by atoms with Crippen molar-refractivity contribution in [3.8, 4) is 0 Å². The maximum absolute atomic E-state index is 5.35. The standard InChI is InChI=1S/C17H24N4S/c1-5-21-11-15(13(4)20-21)10-18-17(22)19-16-8-6-14(7-9-16)12(2)3/h6-9,11-12H,5,10H2,1-4H3,(H2,18,19,22). The number of anilines is 1. The molecule has 1 heterocycles. The quantitative estimate of drug-likeness (QED) is 0.823.